The van der Waals surface area contributed by atoms with Crippen molar-refractivity contribution in [1.29, 1.82) is 0 Å². The number of aliphatic carboxylic acids is 1. The first kappa shape index (κ1) is 17.2. The summed E-state index contributed by atoms with van der Waals surface area (Å²) in [6, 6.07) is 1.57. The van der Waals surface area contributed by atoms with Crippen LogP contribution in [0.2, 0.25) is 0 Å². The molecule has 116 valence electrons. The average molecular weight is 321 g/mol. The van der Waals surface area contributed by atoms with E-state index >= 15 is 0 Å². The zero-order chi connectivity index (χ0) is 16.0. The van der Waals surface area contributed by atoms with Gasteiger partial charge in [0.25, 0.3) is 5.91 Å². The minimum Gasteiger partial charge on any atom is -0.478 e. The van der Waals surface area contributed by atoms with Crippen LogP contribution < -0.4 is 5.32 Å². The second-order valence-electron chi connectivity index (χ2n) is 4.30. The predicted molar refractivity (Wildman–Crippen MR) is 73.3 cm³/mol. The van der Waals surface area contributed by atoms with Crippen LogP contribution in [0.15, 0.2) is 12.1 Å². The van der Waals surface area contributed by atoms with Crippen LogP contribution in [0.4, 0.5) is 13.2 Å². The number of carboxylic acids is 1. The van der Waals surface area contributed by atoms with E-state index in [0.717, 1.165) is 23.0 Å². The van der Waals surface area contributed by atoms with Crippen LogP contribution in [0, 0.1) is 6.92 Å². The van der Waals surface area contributed by atoms with E-state index < -0.39 is 24.5 Å². The van der Waals surface area contributed by atoms with Gasteiger partial charge in [-0.25, -0.2) is 4.79 Å². The van der Waals surface area contributed by atoms with Gasteiger partial charge >= 0.3 is 12.1 Å². The maximum atomic E-state index is 11.9. The molecular weight excluding hydrogens is 307 g/mol. The second kappa shape index (κ2) is 7.26. The number of hydrogen-bond donors (Lipinski definition) is 2. The lowest BCUT2D eigenvalue weighted by Crippen LogP contribution is -2.24. The molecular formula is C13H14F3NO3S. The van der Waals surface area contributed by atoms with Crippen LogP contribution in [-0.4, -0.2) is 29.7 Å². The third kappa shape index (κ3) is 6.44. The summed E-state index contributed by atoms with van der Waals surface area (Å²) < 4.78 is 35.8. The summed E-state index contributed by atoms with van der Waals surface area (Å²) >= 11 is 1.09. The van der Waals surface area contributed by atoms with Gasteiger partial charge in [0.2, 0.25) is 0 Å². The Morgan fingerprint density at radius 2 is 2.10 bits per heavy atom. The Morgan fingerprint density at radius 3 is 2.67 bits per heavy atom. The molecule has 1 amide bonds. The summed E-state index contributed by atoms with van der Waals surface area (Å²) in [5, 5.41) is 10.9. The first-order valence-corrected chi connectivity index (χ1v) is 6.87. The number of amides is 1. The van der Waals surface area contributed by atoms with Crippen molar-refractivity contribution in [2.24, 2.45) is 0 Å². The molecule has 0 spiro atoms. The fourth-order valence-electron chi connectivity index (χ4n) is 1.50. The van der Waals surface area contributed by atoms with Gasteiger partial charge in [0.05, 0.1) is 4.88 Å². The Hall–Kier alpha value is -1.83. The van der Waals surface area contributed by atoms with Gasteiger partial charge in [-0.2, -0.15) is 13.2 Å². The highest BCUT2D eigenvalue weighted by Crippen LogP contribution is 2.23. The van der Waals surface area contributed by atoms with Crippen molar-refractivity contribution in [3.63, 3.8) is 0 Å². The number of aryl methyl sites for hydroxylation is 1. The number of thiophene rings is 1. The largest absolute Gasteiger partial charge is 0.478 e. The van der Waals surface area contributed by atoms with Crippen molar-refractivity contribution >= 4 is 29.3 Å². The molecule has 1 aromatic rings. The molecule has 0 aliphatic rings. The fraction of sp³-hybridized carbons (Fsp3) is 0.385. The van der Waals surface area contributed by atoms with Gasteiger partial charge in [-0.15, -0.1) is 11.3 Å². The van der Waals surface area contributed by atoms with Crippen molar-refractivity contribution in [3.8, 4) is 0 Å². The summed E-state index contributed by atoms with van der Waals surface area (Å²) in [6.07, 6.45) is -3.00. The van der Waals surface area contributed by atoms with Crippen molar-refractivity contribution in [2.75, 3.05) is 6.54 Å². The molecule has 1 heterocycles. The lowest BCUT2D eigenvalue weighted by molar-refractivity contribution is -0.135. The minimum atomic E-state index is -4.22. The Labute approximate surface area is 123 Å². The Balaban J connectivity index is 2.55. The number of halogens is 3. The highest BCUT2D eigenvalue weighted by Gasteiger charge is 2.26. The smallest absolute Gasteiger partial charge is 0.389 e. The molecule has 0 aromatic carbocycles. The molecule has 0 unspecified atom stereocenters. The molecule has 0 saturated carbocycles. The lowest BCUT2D eigenvalue weighted by atomic mass is 10.2. The van der Waals surface area contributed by atoms with E-state index in [2.05, 4.69) is 5.32 Å². The summed E-state index contributed by atoms with van der Waals surface area (Å²) in [6.45, 7) is 1.66. The summed E-state index contributed by atoms with van der Waals surface area (Å²) in [5.41, 5.74) is 0.734. The van der Waals surface area contributed by atoms with Crippen molar-refractivity contribution in [1.82, 2.24) is 5.32 Å². The van der Waals surface area contributed by atoms with E-state index in [0.29, 0.717) is 9.75 Å². The van der Waals surface area contributed by atoms with Crippen LogP contribution >= 0.6 is 11.3 Å². The molecule has 0 aliphatic heterocycles. The molecule has 0 fully saturated rings. The maximum absolute atomic E-state index is 11.9. The number of carboxylic acid groups (broad SMARTS) is 1. The molecule has 8 heteroatoms. The first-order chi connectivity index (χ1) is 9.69. The zero-order valence-corrected chi connectivity index (χ0v) is 12.0. The predicted octanol–water partition coefficient (Wildman–Crippen LogP) is 3.23. The fourth-order valence-corrected chi connectivity index (χ4v) is 2.49. The lowest BCUT2D eigenvalue weighted by Gasteiger charge is -2.06. The zero-order valence-electron chi connectivity index (χ0n) is 11.2. The first-order valence-electron chi connectivity index (χ1n) is 6.05. The monoisotopic (exact) mass is 321 g/mol. The normalized spacial score (nSPS) is 11.8. The van der Waals surface area contributed by atoms with Gasteiger partial charge < -0.3 is 10.4 Å². The van der Waals surface area contributed by atoms with Crippen LogP contribution in [0.25, 0.3) is 6.08 Å². The highest BCUT2D eigenvalue weighted by atomic mass is 32.1. The molecule has 4 nitrogen and oxygen atoms in total. The van der Waals surface area contributed by atoms with Crippen LogP contribution in [-0.2, 0) is 4.79 Å². The number of carbonyl (C=O) groups excluding carboxylic acids is 1. The molecule has 1 aromatic heterocycles. The topological polar surface area (TPSA) is 66.4 Å². The Morgan fingerprint density at radius 1 is 1.43 bits per heavy atom. The Bertz CT molecular complexity index is 549. The van der Waals surface area contributed by atoms with Crippen LogP contribution in [0.5, 0.6) is 0 Å². The van der Waals surface area contributed by atoms with E-state index in [1.807, 2.05) is 0 Å². The number of nitrogens with one attached hydrogen (secondary N) is 1. The van der Waals surface area contributed by atoms with Gasteiger partial charge in [-0.05, 0) is 31.1 Å². The highest BCUT2D eigenvalue weighted by molar-refractivity contribution is 7.15. The van der Waals surface area contributed by atoms with Crippen molar-refractivity contribution < 1.29 is 27.9 Å². The molecule has 0 saturated heterocycles. The average Bonchev–Trinajstić information content (AvgIpc) is 2.72. The molecule has 2 N–H and O–H groups in total. The van der Waals surface area contributed by atoms with Crippen LogP contribution in [0.1, 0.15) is 33.0 Å². The number of alkyl halides is 3. The van der Waals surface area contributed by atoms with Crippen LogP contribution in [0.3, 0.4) is 0 Å². The van der Waals surface area contributed by atoms with Gasteiger partial charge in [-0.1, -0.05) is 0 Å². The quantitative estimate of drug-likeness (QED) is 0.624. The summed E-state index contributed by atoms with van der Waals surface area (Å²) in [4.78, 5) is 23.1. The third-order valence-corrected chi connectivity index (χ3v) is 3.68. The number of hydrogen-bond acceptors (Lipinski definition) is 3. The molecule has 21 heavy (non-hydrogen) atoms. The molecule has 0 radical (unpaired) electrons. The SMILES string of the molecule is Cc1cc(C(=O)NCCCC(F)(F)F)sc1/C=C/C(=O)O. The molecule has 0 bridgehead atoms. The number of rotatable bonds is 6. The van der Waals surface area contributed by atoms with Gasteiger partial charge in [0.15, 0.2) is 0 Å². The minimum absolute atomic E-state index is 0.0599. The second-order valence-corrected chi connectivity index (χ2v) is 5.39. The summed E-state index contributed by atoms with van der Waals surface area (Å²) in [7, 11) is 0. The van der Waals surface area contributed by atoms with Gasteiger partial charge in [0.1, 0.15) is 0 Å². The molecule has 0 aliphatic carbocycles. The molecule has 0 atom stereocenters. The maximum Gasteiger partial charge on any atom is 0.389 e. The van der Waals surface area contributed by atoms with E-state index in [1.54, 1.807) is 13.0 Å². The van der Waals surface area contributed by atoms with E-state index in [4.69, 9.17) is 5.11 Å². The third-order valence-electron chi connectivity index (χ3n) is 2.48. The molecule has 1 rings (SSSR count). The standard InChI is InChI=1S/C13H14F3NO3S/c1-8-7-10(21-9(8)3-4-11(18)19)12(20)17-6-2-5-13(14,15)16/h3-4,7H,2,5-6H2,1H3,(H,17,20)(H,18,19)/b4-3+. The van der Waals surface area contributed by atoms with E-state index in [-0.39, 0.29) is 13.0 Å². The number of carbonyl (C=O) groups is 2. The van der Waals surface area contributed by atoms with Crippen molar-refractivity contribution in [3.05, 3.63) is 27.5 Å². The summed E-state index contributed by atoms with van der Waals surface area (Å²) in [5.74, 6) is -1.55. The van der Waals surface area contributed by atoms with E-state index in [1.165, 1.54) is 6.08 Å². The van der Waals surface area contributed by atoms with Gasteiger partial charge in [-0.3, -0.25) is 4.79 Å². The Kier molecular flexibility index (Phi) is 5.95. The van der Waals surface area contributed by atoms with Crippen molar-refractivity contribution in [2.45, 2.75) is 25.9 Å². The van der Waals surface area contributed by atoms with Gasteiger partial charge in [0, 0.05) is 23.9 Å². The van der Waals surface area contributed by atoms with E-state index in [9.17, 15) is 22.8 Å².